The quantitative estimate of drug-likeness (QED) is 0.803. The van der Waals surface area contributed by atoms with Crippen molar-refractivity contribution in [1.29, 1.82) is 0 Å². The van der Waals surface area contributed by atoms with Crippen molar-refractivity contribution in [2.24, 2.45) is 0 Å². The molecule has 0 unspecified atom stereocenters. The predicted octanol–water partition coefficient (Wildman–Crippen LogP) is 3.30. The zero-order valence-corrected chi connectivity index (χ0v) is 13.1. The highest BCUT2D eigenvalue weighted by Crippen LogP contribution is 2.17. The van der Waals surface area contributed by atoms with Gasteiger partial charge in [-0.25, -0.2) is 0 Å². The van der Waals surface area contributed by atoms with Crippen LogP contribution in [0.15, 0.2) is 35.0 Å². The summed E-state index contributed by atoms with van der Waals surface area (Å²) < 4.78 is 0. The van der Waals surface area contributed by atoms with Gasteiger partial charge < -0.3 is 4.90 Å². The van der Waals surface area contributed by atoms with Crippen molar-refractivity contribution in [3.05, 3.63) is 44.8 Å². The Bertz CT molecular complexity index is 511. The van der Waals surface area contributed by atoms with E-state index in [0.29, 0.717) is 0 Å². The second-order valence-corrected chi connectivity index (χ2v) is 6.99. The van der Waals surface area contributed by atoms with E-state index < -0.39 is 0 Å². The average molecular weight is 308 g/mol. The molecule has 3 rings (SSSR count). The molecule has 0 amide bonds. The van der Waals surface area contributed by atoms with Crippen LogP contribution in [0.4, 0.5) is 0 Å². The smallest absolute Gasteiger partial charge is 0.119 e. The molecule has 0 spiro atoms. The van der Waals surface area contributed by atoms with E-state index in [1.807, 2.05) is 11.3 Å². The van der Waals surface area contributed by atoms with Gasteiger partial charge in [0.1, 0.15) is 4.99 Å². The SMILES string of the molecule is S=C(c1cccs1)N1CCN(Cc2cccs2)CC1. The molecule has 0 radical (unpaired) electrons. The van der Waals surface area contributed by atoms with E-state index in [1.165, 1.54) is 9.75 Å². The molecule has 1 aliphatic rings. The summed E-state index contributed by atoms with van der Waals surface area (Å²) in [6.07, 6.45) is 0. The summed E-state index contributed by atoms with van der Waals surface area (Å²) in [6, 6.07) is 8.53. The van der Waals surface area contributed by atoms with Gasteiger partial charge in [0, 0.05) is 37.6 Å². The van der Waals surface area contributed by atoms with Gasteiger partial charge in [-0.2, -0.15) is 0 Å². The molecular formula is C14H16N2S3. The average Bonchev–Trinajstić information content (AvgIpc) is 3.12. The van der Waals surface area contributed by atoms with Crippen LogP contribution in [0.1, 0.15) is 9.75 Å². The maximum Gasteiger partial charge on any atom is 0.119 e. The Kier molecular flexibility index (Phi) is 4.28. The monoisotopic (exact) mass is 308 g/mol. The number of thiocarbonyl (C=S) groups is 1. The van der Waals surface area contributed by atoms with E-state index in [9.17, 15) is 0 Å². The van der Waals surface area contributed by atoms with E-state index in [2.05, 4.69) is 44.8 Å². The Morgan fingerprint density at radius 3 is 2.42 bits per heavy atom. The van der Waals surface area contributed by atoms with Crippen molar-refractivity contribution in [2.75, 3.05) is 26.2 Å². The largest absolute Gasteiger partial charge is 0.359 e. The van der Waals surface area contributed by atoms with Crippen LogP contribution < -0.4 is 0 Å². The fourth-order valence-corrected chi connectivity index (χ4v) is 4.12. The molecule has 2 aromatic heterocycles. The molecule has 3 heterocycles. The molecule has 0 N–H and O–H groups in total. The van der Waals surface area contributed by atoms with Gasteiger partial charge in [0.05, 0.1) is 4.88 Å². The van der Waals surface area contributed by atoms with Crippen LogP contribution in [-0.2, 0) is 6.54 Å². The standard InChI is InChI=1S/C14H16N2S3/c17-14(13-4-2-10-19-13)16-7-5-15(6-8-16)11-12-3-1-9-18-12/h1-4,9-10H,5-8,11H2. The van der Waals surface area contributed by atoms with E-state index >= 15 is 0 Å². The Balaban J connectivity index is 1.53. The van der Waals surface area contributed by atoms with Gasteiger partial charge in [-0.15, -0.1) is 22.7 Å². The van der Waals surface area contributed by atoms with Gasteiger partial charge in [-0.1, -0.05) is 24.4 Å². The van der Waals surface area contributed by atoms with Crippen molar-refractivity contribution < 1.29 is 0 Å². The van der Waals surface area contributed by atoms with Crippen LogP contribution in [0.5, 0.6) is 0 Å². The molecule has 2 aromatic rings. The maximum atomic E-state index is 5.57. The molecule has 2 nitrogen and oxygen atoms in total. The van der Waals surface area contributed by atoms with Gasteiger partial charge in [0.25, 0.3) is 0 Å². The first-order chi connectivity index (χ1) is 9.33. The molecular weight excluding hydrogens is 292 g/mol. The summed E-state index contributed by atoms with van der Waals surface area (Å²) in [7, 11) is 0. The van der Waals surface area contributed by atoms with Crippen molar-refractivity contribution in [1.82, 2.24) is 9.80 Å². The highest BCUT2D eigenvalue weighted by molar-refractivity contribution is 7.81. The van der Waals surface area contributed by atoms with Crippen LogP contribution in [0.3, 0.4) is 0 Å². The first-order valence-corrected chi connectivity index (χ1v) is 8.57. The lowest BCUT2D eigenvalue weighted by Gasteiger charge is -2.35. The molecule has 0 atom stereocenters. The van der Waals surface area contributed by atoms with Gasteiger partial charge in [-0.3, -0.25) is 4.90 Å². The zero-order valence-electron chi connectivity index (χ0n) is 10.6. The van der Waals surface area contributed by atoms with Gasteiger partial charge >= 0.3 is 0 Å². The molecule has 1 saturated heterocycles. The third-order valence-corrected chi connectivity index (χ3v) is 5.70. The van der Waals surface area contributed by atoms with Crippen LogP contribution in [0.25, 0.3) is 0 Å². The molecule has 1 aliphatic heterocycles. The minimum Gasteiger partial charge on any atom is -0.359 e. The number of hydrogen-bond donors (Lipinski definition) is 0. The number of nitrogens with zero attached hydrogens (tertiary/aromatic N) is 2. The Morgan fingerprint density at radius 1 is 1.05 bits per heavy atom. The Hall–Kier alpha value is -0.750. The van der Waals surface area contributed by atoms with Crippen LogP contribution >= 0.6 is 34.9 Å². The van der Waals surface area contributed by atoms with Crippen LogP contribution in [0, 0.1) is 0 Å². The topological polar surface area (TPSA) is 6.48 Å². The van der Waals surface area contributed by atoms with E-state index in [4.69, 9.17) is 12.2 Å². The summed E-state index contributed by atoms with van der Waals surface area (Å²) in [5, 5.41) is 4.24. The lowest BCUT2D eigenvalue weighted by molar-refractivity contribution is 0.179. The van der Waals surface area contributed by atoms with Crippen molar-refractivity contribution in [2.45, 2.75) is 6.54 Å². The van der Waals surface area contributed by atoms with Crippen molar-refractivity contribution in [3.63, 3.8) is 0 Å². The minimum atomic E-state index is 1.02. The van der Waals surface area contributed by atoms with Crippen molar-refractivity contribution in [3.8, 4) is 0 Å². The second-order valence-electron chi connectivity index (χ2n) is 4.63. The molecule has 1 fully saturated rings. The Morgan fingerprint density at radius 2 is 1.79 bits per heavy atom. The van der Waals surface area contributed by atoms with Gasteiger partial charge in [0.2, 0.25) is 0 Å². The maximum absolute atomic E-state index is 5.57. The summed E-state index contributed by atoms with van der Waals surface area (Å²) in [5.74, 6) is 0. The zero-order chi connectivity index (χ0) is 13.1. The molecule has 5 heteroatoms. The summed E-state index contributed by atoms with van der Waals surface area (Å²) in [5.41, 5.74) is 0. The lowest BCUT2D eigenvalue weighted by Crippen LogP contribution is -2.47. The molecule has 0 saturated carbocycles. The third kappa shape index (κ3) is 3.23. The fourth-order valence-electron chi connectivity index (χ4n) is 2.29. The summed E-state index contributed by atoms with van der Waals surface area (Å²) >= 11 is 9.15. The Labute approximate surface area is 127 Å². The van der Waals surface area contributed by atoms with Crippen LogP contribution in [0.2, 0.25) is 0 Å². The second kappa shape index (κ2) is 6.13. The number of piperazine rings is 1. The predicted molar refractivity (Wildman–Crippen MR) is 87.2 cm³/mol. The van der Waals surface area contributed by atoms with Crippen molar-refractivity contribution >= 4 is 39.9 Å². The fraction of sp³-hybridized carbons (Fsp3) is 0.357. The molecule has 0 aliphatic carbocycles. The molecule has 0 bridgehead atoms. The summed E-state index contributed by atoms with van der Waals surface area (Å²) in [6.45, 7) is 5.37. The van der Waals surface area contributed by atoms with E-state index in [1.54, 1.807) is 11.3 Å². The molecule has 19 heavy (non-hydrogen) atoms. The minimum absolute atomic E-state index is 1.02. The highest BCUT2D eigenvalue weighted by atomic mass is 32.1. The number of hydrogen-bond acceptors (Lipinski definition) is 4. The molecule has 0 aromatic carbocycles. The van der Waals surface area contributed by atoms with E-state index in [0.717, 1.165) is 37.7 Å². The normalized spacial score (nSPS) is 16.7. The summed E-state index contributed by atoms with van der Waals surface area (Å²) in [4.78, 5) is 8.55. The number of thiophene rings is 2. The van der Waals surface area contributed by atoms with Gasteiger partial charge in [0.15, 0.2) is 0 Å². The van der Waals surface area contributed by atoms with Crippen LogP contribution in [-0.4, -0.2) is 41.0 Å². The highest BCUT2D eigenvalue weighted by Gasteiger charge is 2.20. The van der Waals surface area contributed by atoms with E-state index in [-0.39, 0.29) is 0 Å². The first-order valence-electron chi connectivity index (χ1n) is 6.40. The third-order valence-electron chi connectivity index (χ3n) is 3.35. The molecule has 100 valence electrons. The van der Waals surface area contributed by atoms with Gasteiger partial charge in [-0.05, 0) is 22.9 Å². The first kappa shape index (κ1) is 13.2. The lowest BCUT2D eigenvalue weighted by atomic mass is 10.3. The number of rotatable bonds is 3.